The lowest BCUT2D eigenvalue weighted by Crippen LogP contribution is -1.89. The van der Waals surface area contributed by atoms with E-state index < -0.39 is 5.82 Å². The molecule has 6 heteroatoms. The van der Waals surface area contributed by atoms with Crippen molar-refractivity contribution in [3.63, 3.8) is 0 Å². The van der Waals surface area contributed by atoms with Crippen molar-refractivity contribution < 1.29 is 8.91 Å². The van der Waals surface area contributed by atoms with Crippen molar-refractivity contribution in [2.24, 2.45) is 0 Å². The molecule has 3 rings (SSSR count). The molecule has 0 bridgehead atoms. The van der Waals surface area contributed by atoms with Crippen LogP contribution in [-0.2, 0) is 0 Å². The predicted octanol–water partition coefficient (Wildman–Crippen LogP) is 3.78. The zero-order valence-electron chi connectivity index (χ0n) is 10.2. The average Bonchev–Trinajstić information content (AvgIpc) is 2.88. The van der Waals surface area contributed by atoms with Crippen molar-refractivity contribution in [1.29, 1.82) is 0 Å². The SMILES string of the molecule is Nc1ccccc1-c1nc(-c2ccc(F)cc2Cl)no1. The van der Waals surface area contributed by atoms with Crippen LogP contribution >= 0.6 is 11.6 Å². The van der Waals surface area contributed by atoms with Crippen LogP contribution in [0, 0.1) is 5.82 Å². The number of anilines is 1. The summed E-state index contributed by atoms with van der Waals surface area (Å²) in [7, 11) is 0. The molecule has 0 saturated heterocycles. The summed E-state index contributed by atoms with van der Waals surface area (Å²) in [5.41, 5.74) is 7.52. The van der Waals surface area contributed by atoms with E-state index in [1.54, 1.807) is 12.1 Å². The summed E-state index contributed by atoms with van der Waals surface area (Å²) in [4.78, 5) is 4.24. The first-order valence-electron chi connectivity index (χ1n) is 5.79. The Balaban J connectivity index is 2.04. The van der Waals surface area contributed by atoms with Gasteiger partial charge in [0.1, 0.15) is 5.82 Å². The number of rotatable bonds is 2. The molecule has 20 heavy (non-hydrogen) atoms. The summed E-state index contributed by atoms with van der Waals surface area (Å²) in [5.74, 6) is 0.154. The number of hydrogen-bond donors (Lipinski definition) is 1. The zero-order valence-corrected chi connectivity index (χ0v) is 10.9. The number of halogens is 2. The molecule has 0 radical (unpaired) electrons. The number of nitrogen functional groups attached to an aromatic ring is 1. The van der Waals surface area contributed by atoms with Crippen LogP contribution in [0.1, 0.15) is 0 Å². The van der Waals surface area contributed by atoms with Crippen LogP contribution in [0.5, 0.6) is 0 Å². The number of nitrogens with two attached hydrogens (primary N) is 1. The van der Waals surface area contributed by atoms with Gasteiger partial charge in [0.05, 0.1) is 10.6 Å². The van der Waals surface area contributed by atoms with E-state index >= 15 is 0 Å². The number of hydrogen-bond acceptors (Lipinski definition) is 4. The predicted molar refractivity (Wildman–Crippen MR) is 74.6 cm³/mol. The van der Waals surface area contributed by atoms with Gasteiger partial charge < -0.3 is 10.3 Å². The minimum atomic E-state index is -0.422. The fraction of sp³-hybridized carbons (Fsp3) is 0. The van der Waals surface area contributed by atoms with E-state index in [4.69, 9.17) is 21.9 Å². The van der Waals surface area contributed by atoms with Crippen LogP contribution in [0.15, 0.2) is 47.0 Å². The van der Waals surface area contributed by atoms with E-state index in [-0.39, 0.29) is 10.8 Å². The second kappa shape index (κ2) is 4.94. The molecule has 2 aromatic carbocycles. The van der Waals surface area contributed by atoms with Gasteiger partial charge in [0.25, 0.3) is 5.89 Å². The summed E-state index contributed by atoms with van der Waals surface area (Å²) in [6.07, 6.45) is 0. The molecule has 2 N–H and O–H groups in total. The van der Waals surface area contributed by atoms with Crippen molar-refractivity contribution in [2.45, 2.75) is 0 Å². The number of nitrogens with zero attached hydrogens (tertiary/aromatic N) is 2. The van der Waals surface area contributed by atoms with Gasteiger partial charge in [-0.15, -0.1) is 0 Å². The molecule has 0 aliphatic heterocycles. The van der Waals surface area contributed by atoms with Crippen LogP contribution in [-0.4, -0.2) is 10.1 Å². The van der Waals surface area contributed by atoms with Gasteiger partial charge in [-0.25, -0.2) is 4.39 Å². The quantitative estimate of drug-likeness (QED) is 0.729. The van der Waals surface area contributed by atoms with E-state index in [2.05, 4.69) is 10.1 Å². The third-order valence-corrected chi connectivity index (χ3v) is 3.10. The average molecular weight is 290 g/mol. The Bertz CT molecular complexity index is 773. The maximum atomic E-state index is 13.0. The highest BCUT2D eigenvalue weighted by Gasteiger charge is 2.15. The van der Waals surface area contributed by atoms with Crippen LogP contribution in [0.3, 0.4) is 0 Å². The first-order chi connectivity index (χ1) is 9.65. The molecule has 0 unspecified atom stereocenters. The summed E-state index contributed by atoms with van der Waals surface area (Å²) >= 11 is 5.96. The maximum absolute atomic E-state index is 13.0. The summed E-state index contributed by atoms with van der Waals surface area (Å²) in [6.45, 7) is 0. The van der Waals surface area contributed by atoms with Crippen LogP contribution < -0.4 is 5.73 Å². The number of aromatic nitrogens is 2. The second-order valence-electron chi connectivity index (χ2n) is 4.13. The molecule has 0 aliphatic carbocycles. The molecule has 1 aromatic heterocycles. The molecule has 0 atom stereocenters. The van der Waals surface area contributed by atoms with E-state index in [0.29, 0.717) is 22.7 Å². The lowest BCUT2D eigenvalue weighted by molar-refractivity contribution is 0.432. The minimum absolute atomic E-state index is 0.221. The smallest absolute Gasteiger partial charge is 0.260 e. The fourth-order valence-corrected chi connectivity index (χ4v) is 2.06. The van der Waals surface area contributed by atoms with E-state index in [1.807, 2.05) is 12.1 Å². The van der Waals surface area contributed by atoms with E-state index in [0.717, 1.165) is 0 Å². The van der Waals surface area contributed by atoms with Gasteiger partial charge >= 0.3 is 0 Å². The monoisotopic (exact) mass is 289 g/mol. The highest BCUT2D eigenvalue weighted by atomic mass is 35.5. The van der Waals surface area contributed by atoms with Gasteiger partial charge in [-0.3, -0.25) is 0 Å². The third kappa shape index (κ3) is 2.23. The molecule has 0 amide bonds. The Hall–Kier alpha value is -2.40. The highest BCUT2D eigenvalue weighted by Crippen LogP contribution is 2.30. The molecule has 0 spiro atoms. The van der Waals surface area contributed by atoms with Crippen molar-refractivity contribution in [1.82, 2.24) is 10.1 Å². The van der Waals surface area contributed by atoms with Gasteiger partial charge in [0.2, 0.25) is 5.82 Å². The summed E-state index contributed by atoms with van der Waals surface area (Å²) in [5, 5.41) is 4.07. The molecule has 1 heterocycles. The van der Waals surface area contributed by atoms with Crippen LogP contribution in [0.25, 0.3) is 22.8 Å². The second-order valence-corrected chi connectivity index (χ2v) is 4.54. The Labute approximate surface area is 119 Å². The lowest BCUT2D eigenvalue weighted by atomic mass is 10.2. The van der Waals surface area contributed by atoms with Crippen molar-refractivity contribution in [2.75, 3.05) is 5.73 Å². The zero-order chi connectivity index (χ0) is 14.1. The molecule has 0 saturated carbocycles. The van der Waals surface area contributed by atoms with Gasteiger partial charge in [-0.2, -0.15) is 4.98 Å². The van der Waals surface area contributed by atoms with Crippen molar-refractivity contribution >= 4 is 17.3 Å². The van der Waals surface area contributed by atoms with Crippen LogP contribution in [0.4, 0.5) is 10.1 Å². The van der Waals surface area contributed by atoms with Gasteiger partial charge in [0, 0.05) is 11.3 Å². The van der Waals surface area contributed by atoms with E-state index in [9.17, 15) is 4.39 Å². The van der Waals surface area contributed by atoms with Crippen molar-refractivity contribution in [3.05, 3.63) is 53.3 Å². The molecular formula is C14H9ClFN3O. The Kier molecular flexibility index (Phi) is 3.12. The largest absolute Gasteiger partial charge is 0.398 e. The molecule has 100 valence electrons. The van der Waals surface area contributed by atoms with Gasteiger partial charge in [-0.1, -0.05) is 28.9 Å². The van der Waals surface area contributed by atoms with E-state index in [1.165, 1.54) is 18.2 Å². The fourth-order valence-electron chi connectivity index (χ4n) is 1.80. The molecular weight excluding hydrogens is 281 g/mol. The topological polar surface area (TPSA) is 64.9 Å². The lowest BCUT2D eigenvalue weighted by Gasteiger charge is -1.99. The number of benzene rings is 2. The molecule has 0 fully saturated rings. The molecule has 3 aromatic rings. The standard InChI is InChI=1S/C14H9ClFN3O/c15-11-7-8(16)5-6-9(11)13-18-14(20-19-13)10-3-1-2-4-12(10)17/h1-7H,17H2. The number of para-hydroxylation sites is 1. The normalized spacial score (nSPS) is 10.7. The first kappa shape index (κ1) is 12.6. The minimum Gasteiger partial charge on any atom is -0.398 e. The first-order valence-corrected chi connectivity index (χ1v) is 6.17. The third-order valence-electron chi connectivity index (χ3n) is 2.79. The Morgan fingerprint density at radius 1 is 1.10 bits per heavy atom. The molecule has 4 nitrogen and oxygen atoms in total. The summed E-state index contributed by atoms with van der Waals surface area (Å²) < 4.78 is 18.2. The Morgan fingerprint density at radius 3 is 2.65 bits per heavy atom. The Morgan fingerprint density at radius 2 is 1.90 bits per heavy atom. The van der Waals surface area contributed by atoms with Gasteiger partial charge in [0.15, 0.2) is 0 Å². The highest BCUT2D eigenvalue weighted by molar-refractivity contribution is 6.33. The van der Waals surface area contributed by atoms with Crippen LogP contribution in [0.2, 0.25) is 5.02 Å². The van der Waals surface area contributed by atoms with Crippen molar-refractivity contribution in [3.8, 4) is 22.8 Å². The molecule has 0 aliphatic rings. The maximum Gasteiger partial charge on any atom is 0.260 e. The van der Waals surface area contributed by atoms with Gasteiger partial charge in [-0.05, 0) is 30.3 Å². The summed E-state index contributed by atoms with van der Waals surface area (Å²) in [6, 6.07) is 11.1.